The van der Waals surface area contributed by atoms with Crippen molar-refractivity contribution < 1.29 is 14.3 Å². The Hall–Kier alpha value is -3.31. The monoisotopic (exact) mass is 420 g/mol. The minimum absolute atomic E-state index is 0.0550. The van der Waals surface area contributed by atoms with E-state index in [1.165, 1.54) is 0 Å². The smallest absolute Gasteiger partial charge is 0.258 e. The first-order chi connectivity index (χ1) is 14.6. The third kappa shape index (κ3) is 4.02. The summed E-state index contributed by atoms with van der Waals surface area (Å²) < 4.78 is 5.26. The molecule has 0 saturated heterocycles. The number of nitrogens with zero attached hydrogens (tertiary/aromatic N) is 1. The molecule has 152 valence electrons. The first kappa shape index (κ1) is 20.0. The number of carbonyl (C=O) groups is 2. The quantitative estimate of drug-likeness (QED) is 0.662. The molecular weight excluding hydrogens is 400 g/mol. The highest BCUT2D eigenvalue weighted by atomic mass is 35.5. The maximum Gasteiger partial charge on any atom is 0.258 e. The lowest BCUT2D eigenvalue weighted by Gasteiger charge is -2.18. The summed E-state index contributed by atoms with van der Waals surface area (Å²) in [6.45, 7) is 0.987. The number of carbonyl (C=O) groups excluding carboxylic acids is 2. The van der Waals surface area contributed by atoms with Gasteiger partial charge in [0.05, 0.1) is 12.7 Å². The molecule has 0 atom stereocenters. The molecule has 3 aromatic carbocycles. The van der Waals surface area contributed by atoms with Crippen LogP contribution in [0.4, 0.5) is 5.69 Å². The highest BCUT2D eigenvalue weighted by molar-refractivity contribution is 6.30. The van der Waals surface area contributed by atoms with Gasteiger partial charge in [0, 0.05) is 29.4 Å². The molecule has 0 aliphatic carbocycles. The van der Waals surface area contributed by atoms with Gasteiger partial charge in [-0.25, -0.2) is 0 Å². The maximum atomic E-state index is 13.0. The molecule has 5 nitrogen and oxygen atoms in total. The van der Waals surface area contributed by atoms with Crippen LogP contribution in [0.2, 0.25) is 5.02 Å². The molecule has 0 saturated carbocycles. The average Bonchev–Trinajstić information content (AvgIpc) is 3.20. The summed E-state index contributed by atoms with van der Waals surface area (Å²) in [4.78, 5) is 27.3. The van der Waals surface area contributed by atoms with Gasteiger partial charge < -0.3 is 15.0 Å². The lowest BCUT2D eigenvalue weighted by atomic mass is 10.1. The summed E-state index contributed by atoms with van der Waals surface area (Å²) in [5.41, 5.74) is 4.02. The third-order valence-corrected chi connectivity index (χ3v) is 5.44. The second-order valence-electron chi connectivity index (χ2n) is 7.06. The predicted molar refractivity (Wildman–Crippen MR) is 117 cm³/mol. The molecule has 2 amide bonds. The lowest BCUT2D eigenvalue weighted by Crippen LogP contribution is -2.29. The Labute approximate surface area is 180 Å². The molecule has 0 fully saturated rings. The molecule has 30 heavy (non-hydrogen) atoms. The number of ether oxygens (including phenoxy) is 1. The largest absolute Gasteiger partial charge is 0.496 e. The van der Waals surface area contributed by atoms with Crippen LogP contribution in [0.5, 0.6) is 5.75 Å². The Balaban J connectivity index is 1.50. The highest BCUT2D eigenvalue weighted by Crippen LogP contribution is 2.30. The van der Waals surface area contributed by atoms with Crippen LogP contribution in [0.3, 0.4) is 0 Å². The van der Waals surface area contributed by atoms with Gasteiger partial charge in [0.2, 0.25) is 0 Å². The summed E-state index contributed by atoms with van der Waals surface area (Å²) in [5.74, 6) is 0.270. The van der Waals surface area contributed by atoms with Crippen molar-refractivity contribution in [3.05, 3.63) is 94.0 Å². The number of methoxy groups -OCH3 is 1. The number of fused-ring (bicyclic) bond motifs is 1. The minimum atomic E-state index is -0.206. The van der Waals surface area contributed by atoms with E-state index in [1.54, 1.807) is 54.5 Å². The SMILES string of the molecule is COc1ccccc1C(=O)NCc1ccc2c(c1)N(C(=O)c1ccc(Cl)cc1)CC2. The number of nitrogens with one attached hydrogen (secondary N) is 1. The molecule has 1 aliphatic rings. The van der Waals surface area contributed by atoms with Crippen molar-refractivity contribution in [2.24, 2.45) is 0 Å². The fourth-order valence-corrected chi connectivity index (χ4v) is 3.73. The van der Waals surface area contributed by atoms with Crippen molar-refractivity contribution in [2.75, 3.05) is 18.6 Å². The number of para-hydroxylation sites is 1. The van der Waals surface area contributed by atoms with Gasteiger partial charge in [-0.3, -0.25) is 9.59 Å². The number of hydrogen-bond acceptors (Lipinski definition) is 3. The summed E-state index contributed by atoms with van der Waals surface area (Å²) in [7, 11) is 1.54. The summed E-state index contributed by atoms with van der Waals surface area (Å²) in [6, 6.07) is 20.0. The molecule has 4 rings (SSSR count). The van der Waals surface area contributed by atoms with Gasteiger partial charge in [0.25, 0.3) is 11.8 Å². The summed E-state index contributed by atoms with van der Waals surface area (Å²) >= 11 is 5.93. The van der Waals surface area contributed by atoms with Crippen LogP contribution in [-0.4, -0.2) is 25.5 Å². The van der Waals surface area contributed by atoms with E-state index < -0.39 is 0 Å². The maximum absolute atomic E-state index is 13.0. The molecule has 6 heteroatoms. The van der Waals surface area contributed by atoms with Gasteiger partial charge in [-0.05, 0) is 60.0 Å². The van der Waals surface area contributed by atoms with E-state index in [0.717, 1.165) is 23.2 Å². The molecule has 1 heterocycles. The van der Waals surface area contributed by atoms with Gasteiger partial charge >= 0.3 is 0 Å². The van der Waals surface area contributed by atoms with Crippen LogP contribution in [-0.2, 0) is 13.0 Å². The number of halogens is 1. The topological polar surface area (TPSA) is 58.6 Å². The first-order valence-electron chi connectivity index (χ1n) is 9.67. The molecule has 0 radical (unpaired) electrons. The van der Waals surface area contributed by atoms with Crippen LogP contribution >= 0.6 is 11.6 Å². The number of anilines is 1. The zero-order valence-corrected chi connectivity index (χ0v) is 17.3. The van der Waals surface area contributed by atoms with Gasteiger partial charge in [-0.2, -0.15) is 0 Å². The fraction of sp³-hybridized carbons (Fsp3) is 0.167. The Morgan fingerprint density at radius 2 is 1.83 bits per heavy atom. The van der Waals surface area contributed by atoms with E-state index in [2.05, 4.69) is 5.32 Å². The Kier molecular flexibility index (Phi) is 5.72. The summed E-state index contributed by atoms with van der Waals surface area (Å²) in [6.07, 6.45) is 0.808. The van der Waals surface area contributed by atoms with E-state index in [1.807, 2.05) is 24.3 Å². The number of benzene rings is 3. The molecule has 0 spiro atoms. The van der Waals surface area contributed by atoms with E-state index in [-0.39, 0.29) is 11.8 Å². The van der Waals surface area contributed by atoms with Gasteiger partial charge in [0.1, 0.15) is 5.75 Å². The normalized spacial score (nSPS) is 12.4. The molecular formula is C24H21ClN2O3. The second-order valence-corrected chi connectivity index (χ2v) is 7.50. The van der Waals surface area contributed by atoms with Crippen LogP contribution in [0.15, 0.2) is 66.7 Å². The van der Waals surface area contributed by atoms with Crippen LogP contribution in [0.25, 0.3) is 0 Å². The minimum Gasteiger partial charge on any atom is -0.496 e. The third-order valence-electron chi connectivity index (χ3n) is 5.19. The average molecular weight is 421 g/mol. The van der Waals surface area contributed by atoms with Gasteiger partial charge in [-0.15, -0.1) is 0 Å². The highest BCUT2D eigenvalue weighted by Gasteiger charge is 2.26. The fourth-order valence-electron chi connectivity index (χ4n) is 3.60. The van der Waals surface area contributed by atoms with Gasteiger partial charge in [0.15, 0.2) is 0 Å². The Bertz CT molecular complexity index is 1100. The van der Waals surface area contributed by atoms with E-state index in [9.17, 15) is 9.59 Å². The molecule has 0 bridgehead atoms. The van der Waals surface area contributed by atoms with Crippen molar-refractivity contribution in [3.8, 4) is 5.75 Å². The van der Waals surface area contributed by atoms with E-state index in [4.69, 9.17) is 16.3 Å². The molecule has 1 aliphatic heterocycles. The van der Waals surface area contributed by atoms with Crippen molar-refractivity contribution in [1.82, 2.24) is 5.32 Å². The van der Waals surface area contributed by atoms with Crippen LogP contribution in [0.1, 0.15) is 31.8 Å². The predicted octanol–water partition coefficient (Wildman–Crippen LogP) is 4.48. The standard InChI is InChI=1S/C24H21ClN2O3/c1-30-22-5-3-2-4-20(22)23(28)26-15-16-6-7-17-12-13-27(21(17)14-16)24(29)18-8-10-19(25)11-9-18/h2-11,14H,12-13,15H2,1H3,(H,26,28). The van der Waals surface area contributed by atoms with E-state index in [0.29, 0.717) is 35.0 Å². The molecule has 0 aromatic heterocycles. The first-order valence-corrected chi connectivity index (χ1v) is 10.0. The molecule has 3 aromatic rings. The van der Waals surface area contributed by atoms with Crippen LogP contribution in [0, 0.1) is 0 Å². The van der Waals surface area contributed by atoms with E-state index >= 15 is 0 Å². The Morgan fingerprint density at radius 1 is 1.07 bits per heavy atom. The zero-order chi connectivity index (χ0) is 21.1. The van der Waals surface area contributed by atoms with Gasteiger partial charge in [-0.1, -0.05) is 35.9 Å². The zero-order valence-electron chi connectivity index (χ0n) is 16.5. The van der Waals surface area contributed by atoms with Crippen molar-refractivity contribution >= 4 is 29.1 Å². The summed E-state index contributed by atoms with van der Waals surface area (Å²) in [5, 5.41) is 3.52. The second kappa shape index (κ2) is 8.59. The van der Waals surface area contributed by atoms with Crippen molar-refractivity contribution in [1.29, 1.82) is 0 Å². The van der Waals surface area contributed by atoms with Crippen LogP contribution < -0.4 is 15.0 Å². The number of amides is 2. The molecule has 1 N–H and O–H groups in total. The Morgan fingerprint density at radius 3 is 2.60 bits per heavy atom. The molecule has 0 unspecified atom stereocenters. The number of hydrogen-bond donors (Lipinski definition) is 1. The van der Waals surface area contributed by atoms with Crippen molar-refractivity contribution in [3.63, 3.8) is 0 Å². The van der Waals surface area contributed by atoms with Crippen molar-refractivity contribution in [2.45, 2.75) is 13.0 Å². The lowest BCUT2D eigenvalue weighted by molar-refractivity contribution is 0.0946. The number of rotatable bonds is 5.